The first kappa shape index (κ1) is 10.3. The summed E-state index contributed by atoms with van der Waals surface area (Å²) in [6.07, 6.45) is 3.60. The van der Waals surface area contributed by atoms with E-state index in [1.165, 1.54) is 0 Å². The van der Waals surface area contributed by atoms with Gasteiger partial charge in [-0.05, 0) is 25.7 Å². The molecule has 0 spiro atoms. The monoisotopic (exact) mass is 211 g/mol. The SMILES string of the molecule is NC(=O)C1CCN(C(=O)NC2CC2)CC1. The Morgan fingerprint density at radius 1 is 1.13 bits per heavy atom. The minimum atomic E-state index is -0.239. The Morgan fingerprint density at radius 3 is 2.20 bits per heavy atom. The van der Waals surface area contributed by atoms with Crippen molar-refractivity contribution in [1.29, 1.82) is 0 Å². The molecule has 3 amide bonds. The first-order valence-corrected chi connectivity index (χ1v) is 5.51. The number of hydrogen-bond acceptors (Lipinski definition) is 2. The number of hydrogen-bond donors (Lipinski definition) is 2. The fraction of sp³-hybridized carbons (Fsp3) is 0.800. The highest BCUT2D eigenvalue weighted by molar-refractivity contribution is 5.78. The maximum absolute atomic E-state index is 11.6. The maximum atomic E-state index is 11.6. The molecule has 0 aromatic carbocycles. The van der Waals surface area contributed by atoms with Crippen molar-refractivity contribution < 1.29 is 9.59 Å². The fourth-order valence-electron chi connectivity index (χ4n) is 1.86. The Labute approximate surface area is 89.0 Å². The molecular formula is C10H17N3O2. The number of primary amides is 1. The Morgan fingerprint density at radius 2 is 1.73 bits per heavy atom. The van der Waals surface area contributed by atoms with Crippen LogP contribution in [0, 0.1) is 5.92 Å². The van der Waals surface area contributed by atoms with Crippen LogP contribution in [-0.4, -0.2) is 36.0 Å². The summed E-state index contributed by atoms with van der Waals surface area (Å²) >= 11 is 0. The zero-order valence-electron chi connectivity index (χ0n) is 8.74. The second-order valence-electron chi connectivity index (χ2n) is 4.39. The first-order valence-electron chi connectivity index (χ1n) is 5.51. The van der Waals surface area contributed by atoms with Crippen LogP contribution in [0.4, 0.5) is 4.79 Å². The van der Waals surface area contributed by atoms with Crippen molar-refractivity contribution in [3.8, 4) is 0 Å². The van der Waals surface area contributed by atoms with Crippen LogP contribution >= 0.6 is 0 Å². The van der Waals surface area contributed by atoms with Crippen LogP contribution in [0.5, 0.6) is 0 Å². The molecule has 0 atom stereocenters. The Bertz CT molecular complexity index is 268. The van der Waals surface area contributed by atoms with Gasteiger partial charge in [0.15, 0.2) is 0 Å². The van der Waals surface area contributed by atoms with Gasteiger partial charge in [0.05, 0.1) is 0 Å². The summed E-state index contributed by atoms with van der Waals surface area (Å²) in [5, 5.41) is 2.94. The lowest BCUT2D eigenvalue weighted by molar-refractivity contribution is -0.123. The molecule has 1 saturated heterocycles. The molecule has 5 nitrogen and oxygen atoms in total. The largest absolute Gasteiger partial charge is 0.369 e. The molecule has 3 N–H and O–H groups in total. The number of piperidine rings is 1. The molecule has 15 heavy (non-hydrogen) atoms. The summed E-state index contributed by atoms with van der Waals surface area (Å²) in [6.45, 7) is 1.29. The van der Waals surface area contributed by atoms with Crippen molar-refractivity contribution in [2.24, 2.45) is 11.7 Å². The molecule has 2 fully saturated rings. The average molecular weight is 211 g/mol. The van der Waals surface area contributed by atoms with Gasteiger partial charge in [-0.3, -0.25) is 4.79 Å². The van der Waals surface area contributed by atoms with E-state index >= 15 is 0 Å². The predicted molar refractivity (Wildman–Crippen MR) is 55.0 cm³/mol. The number of carbonyl (C=O) groups excluding carboxylic acids is 2. The molecule has 1 saturated carbocycles. The van der Waals surface area contributed by atoms with Gasteiger partial charge in [0, 0.05) is 25.0 Å². The van der Waals surface area contributed by atoms with Crippen LogP contribution in [0.1, 0.15) is 25.7 Å². The average Bonchev–Trinajstić information content (AvgIpc) is 3.02. The van der Waals surface area contributed by atoms with E-state index < -0.39 is 0 Å². The van der Waals surface area contributed by atoms with Gasteiger partial charge in [0.25, 0.3) is 0 Å². The van der Waals surface area contributed by atoms with Crippen molar-refractivity contribution in [3.05, 3.63) is 0 Å². The molecule has 1 heterocycles. The molecule has 1 aliphatic heterocycles. The minimum absolute atomic E-state index is 0.0143. The Balaban J connectivity index is 1.76. The van der Waals surface area contributed by atoms with E-state index in [0.717, 1.165) is 12.8 Å². The predicted octanol–water partition coefficient (Wildman–Crippen LogP) is 0.0557. The van der Waals surface area contributed by atoms with E-state index in [1.54, 1.807) is 4.90 Å². The van der Waals surface area contributed by atoms with Crippen LogP contribution in [0.2, 0.25) is 0 Å². The smallest absolute Gasteiger partial charge is 0.317 e. The van der Waals surface area contributed by atoms with E-state index in [-0.39, 0.29) is 17.9 Å². The third-order valence-electron chi connectivity index (χ3n) is 3.09. The molecule has 2 aliphatic rings. The van der Waals surface area contributed by atoms with Crippen molar-refractivity contribution >= 4 is 11.9 Å². The number of nitrogens with zero attached hydrogens (tertiary/aromatic N) is 1. The molecule has 5 heteroatoms. The summed E-state index contributed by atoms with van der Waals surface area (Å²) < 4.78 is 0. The van der Waals surface area contributed by atoms with Gasteiger partial charge in [-0.15, -0.1) is 0 Å². The van der Waals surface area contributed by atoms with Crippen LogP contribution in [0.25, 0.3) is 0 Å². The third kappa shape index (κ3) is 2.61. The lowest BCUT2D eigenvalue weighted by Gasteiger charge is -2.30. The van der Waals surface area contributed by atoms with E-state index in [2.05, 4.69) is 5.32 Å². The topological polar surface area (TPSA) is 75.4 Å². The van der Waals surface area contributed by atoms with Gasteiger partial charge in [-0.25, -0.2) is 4.79 Å². The third-order valence-corrected chi connectivity index (χ3v) is 3.09. The van der Waals surface area contributed by atoms with Crippen LogP contribution in [0.3, 0.4) is 0 Å². The quantitative estimate of drug-likeness (QED) is 0.677. The van der Waals surface area contributed by atoms with Crippen LogP contribution < -0.4 is 11.1 Å². The molecule has 1 aliphatic carbocycles. The van der Waals surface area contributed by atoms with Crippen molar-refractivity contribution in [2.45, 2.75) is 31.7 Å². The van der Waals surface area contributed by atoms with Gasteiger partial charge >= 0.3 is 6.03 Å². The van der Waals surface area contributed by atoms with Gasteiger partial charge < -0.3 is 16.0 Å². The van der Waals surface area contributed by atoms with Crippen LogP contribution in [0.15, 0.2) is 0 Å². The summed E-state index contributed by atoms with van der Waals surface area (Å²) in [5.74, 6) is -0.285. The number of carbonyl (C=O) groups is 2. The maximum Gasteiger partial charge on any atom is 0.317 e. The Kier molecular flexibility index (Phi) is 2.79. The highest BCUT2D eigenvalue weighted by Gasteiger charge is 2.29. The lowest BCUT2D eigenvalue weighted by Crippen LogP contribution is -2.46. The number of urea groups is 1. The number of nitrogens with one attached hydrogen (secondary N) is 1. The summed E-state index contributed by atoms with van der Waals surface area (Å²) in [7, 11) is 0. The van der Waals surface area contributed by atoms with Crippen molar-refractivity contribution in [3.63, 3.8) is 0 Å². The second-order valence-corrected chi connectivity index (χ2v) is 4.39. The standard InChI is InChI=1S/C10H17N3O2/c11-9(14)7-3-5-13(6-4-7)10(15)12-8-1-2-8/h7-8H,1-6H2,(H2,11,14)(H,12,15). The van der Waals surface area contributed by atoms with E-state index in [9.17, 15) is 9.59 Å². The first-order chi connectivity index (χ1) is 7.16. The van der Waals surface area contributed by atoms with E-state index in [1.807, 2.05) is 0 Å². The van der Waals surface area contributed by atoms with E-state index in [0.29, 0.717) is 32.0 Å². The molecular weight excluding hydrogens is 194 g/mol. The summed E-state index contributed by atoms with van der Waals surface area (Å²) in [6, 6.07) is 0.409. The zero-order chi connectivity index (χ0) is 10.8. The van der Waals surface area contributed by atoms with Gasteiger partial charge in [0.1, 0.15) is 0 Å². The van der Waals surface area contributed by atoms with E-state index in [4.69, 9.17) is 5.73 Å². The molecule has 0 unspecified atom stereocenters. The Hall–Kier alpha value is -1.26. The minimum Gasteiger partial charge on any atom is -0.369 e. The molecule has 0 bridgehead atoms. The molecule has 84 valence electrons. The fourth-order valence-corrected chi connectivity index (χ4v) is 1.86. The number of nitrogens with two attached hydrogens (primary N) is 1. The molecule has 2 rings (SSSR count). The lowest BCUT2D eigenvalue weighted by atomic mass is 9.96. The molecule has 0 aromatic heterocycles. The number of amides is 3. The van der Waals surface area contributed by atoms with Crippen molar-refractivity contribution in [1.82, 2.24) is 10.2 Å². The van der Waals surface area contributed by atoms with Gasteiger partial charge in [0.2, 0.25) is 5.91 Å². The van der Waals surface area contributed by atoms with Gasteiger partial charge in [-0.1, -0.05) is 0 Å². The highest BCUT2D eigenvalue weighted by atomic mass is 16.2. The highest BCUT2D eigenvalue weighted by Crippen LogP contribution is 2.21. The van der Waals surface area contributed by atoms with Crippen molar-refractivity contribution in [2.75, 3.05) is 13.1 Å². The summed E-state index contributed by atoms with van der Waals surface area (Å²) in [4.78, 5) is 24.3. The molecule has 0 aromatic rings. The number of likely N-dealkylation sites (tertiary alicyclic amines) is 1. The zero-order valence-corrected chi connectivity index (χ0v) is 8.74. The second kappa shape index (κ2) is 4.08. The molecule has 0 radical (unpaired) electrons. The summed E-state index contributed by atoms with van der Waals surface area (Å²) in [5.41, 5.74) is 5.22. The van der Waals surface area contributed by atoms with Crippen LogP contribution in [-0.2, 0) is 4.79 Å². The normalized spacial score (nSPS) is 22.5. The van der Waals surface area contributed by atoms with Gasteiger partial charge in [-0.2, -0.15) is 0 Å². The number of rotatable bonds is 2.